The molecule has 6 heteroatoms. The van der Waals surface area contributed by atoms with Gasteiger partial charge in [-0.1, -0.05) is 0 Å². The molecule has 0 aromatic carbocycles. The number of H-pyrrole nitrogens is 1. The minimum Gasteiger partial charge on any atom is -0.480 e. The Hall–Kier alpha value is -2.11. The normalized spacial score (nSPS) is 22.5. The summed E-state index contributed by atoms with van der Waals surface area (Å²) in [5, 5.41) is 9.27. The zero-order valence-corrected chi connectivity index (χ0v) is 10.9. The Labute approximate surface area is 110 Å². The van der Waals surface area contributed by atoms with Crippen molar-refractivity contribution in [2.75, 3.05) is 6.54 Å². The number of carboxylic acid groups (broad SMARTS) is 1. The van der Waals surface area contributed by atoms with Crippen LogP contribution in [-0.4, -0.2) is 39.0 Å². The summed E-state index contributed by atoms with van der Waals surface area (Å²) in [6, 6.07) is 1.33. The van der Waals surface area contributed by atoms with Gasteiger partial charge in [0.25, 0.3) is 5.91 Å². The van der Waals surface area contributed by atoms with Crippen LogP contribution in [0.2, 0.25) is 0 Å². The number of nitrogens with zero attached hydrogens (tertiary/aromatic N) is 1. The maximum atomic E-state index is 12.3. The highest BCUT2D eigenvalue weighted by molar-refractivity contribution is 5.97. The maximum Gasteiger partial charge on any atom is 0.329 e. The second-order valence-electron chi connectivity index (χ2n) is 5.03. The third-order valence-electron chi connectivity index (χ3n) is 3.63. The molecule has 0 unspecified atom stereocenters. The van der Waals surface area contributed by atoms with Crippen LogP contribution in [0, 0.1) is 6.92 Å². The summed E-state index contributed by atoms with van der Waals surface area (Å²) < 4.78 is 0. The van der Waals surface area contributed by atoms with Crippen molar-refractivity contribution in [2.24, 2.45) is 0 Å². The topological polar surface area (TPSA) is 90.5 Å². The van der Waals surface area contributed by atoms with E-state index in [1.165, 1.54) is 24.1 Å². The molecule has 6 nitrogen and oxygen atoms in total. The lowest BCUT2D eigenvalue weighted by molar-refractivity contribution is -0.147. The monoisotopic (exact) mass is 264 g/mol. The molecule has 0 saturated carbocycles. The number of aryl methyl sites for hydroxylation is 1. The first kappa shape index (κ1) is 13.3. The number of carbonyl (C=O) groups is 2. The van der Waals surface area contributed by atoms with Gasteiger partial charge in [0.1, 0.15) is 11.1 Å². The van der Waals surface area contributed by atoms with Crippen molar-refractivity contribution >= 4 is 11.9 Å². The van der Waals surface area contributed by atoms with Gasteiger partial charge in [-0.3, -0.25) is 9.59 Å². The Morgan fingerprint density at radius 3 is 2.74 bits per heavy atom. The van der Waals surface area contributed by atoms with Gasteiger partial charge in [0.05, 0.1) is 0 Å². The number of rotatable bonds is 2. The van der Waals surface area contributed by atoms with Crippen LogP contribution in [0.5, 0.6) is 0 Å². The van der Waals surface area contributed by atoms with Gasteiger partial charge in [-0.15, -0.1) is 0 Å². The van der Waals surface area contributed by atoms with E-state index >= 15 is 0 Å². The van der Waals surface area contributed by atoms with Gasteiger partial charge in [0, 0.05) is 24.5 Å². The third-order valence-corrected chi connectivity index (χ3v) is 3.63. The zero-order chi connectivity index (χ0) is 14.2. The molecule has 2 rings (SSSR count). The molecule has 1 aromatic rings. The van der Waals surface area contributed by atoms with E-state index in [-0.39, 0.29) is 11.0 Å². The molecule has 2 heterocycles. The summed E-state index contributed by atoms with van der Waals surface area (Å²) in [4.78, 5) is 39.6. The number of hydrogen-bond acceptors (Lipinski definition) is 3. The van der Waals surface area contributed by atoms with Crippen LogP contribution in [0.1, 0.15) is 35.8 Å². The van der Waals surface area contributed by atoms with Crippen LogP contribution in [0.4, 0.5) is 0 Å². The van der Waals surface area contributed by atoms with Crippen molar-refractivity contribution in [3.05, 3.63) is 33.7 Å². The molecule has 0 spiro atoms. The van der Waals surface area contributed by atoms with Crippen molar-refractivity contribution < 1.29 is 14.7 Å². The van der Waals surface area contributed by atoms with Crippen molar-refractivity contribution in [3.63, 3.8) is 0 Å². The summed E-state index contributed by atoms with van der Waals surface area (Å²) in [6.45, 7) is 3.59. The molecule has 2 N–H and O–H groups in total. The molecule has 1 aromatic heterocycles. The van der Waals surface area contributed by atoms with E-state index in [1.54, 1.807) is 6.92 Å². The number of hydrogen-bond donors (Lipinski definition) is 2. The fraction of sp³-hybridized carbons (Fsp3) is 0.462. The quantitative estimate of drug-likeness (QED) is 0.825. The number of aromatic amines is 1. The van der Waals surface area contributed by atoms with Crippen molar-refractivity contribution in [2.45, 2.75) is 32.2 Å². The van der Waals surface area contributed by atoms with Gasteiger partial charge < -0.3 is 15.0 Å². The predicted octanol–water partition coefficient (Wildman–Crippen LogP) is 0.763. The van der Waals surface area contributed by atoms with E-state index < -0.39 is 17.4 Å². The fourth-order valence-corrected chi connectivity index (χ4v) is 2.40. The molecule has 0 bridgehead atoms. The van der Waals surface area contributed by atoms with Crippen molar-refractivity contribution in [1.29, 1.82) is 0 Å². The van der Waals surface area contributed by atoms with Crippen LogP contribution in [0.15, 0.2) is 17.1 Å². The minimum atomic E-state index is -1.23. The van der Waals surface area contributed by atoms with E-state index in [4.69, 9.17) is 0 Å². The van der Waals surface area contributed by atoms with Gasteiger partial charge in [-0.2, -0.15) is 0 Å². The van der Waals surface area contributed by atoms with Gasteiger partial charge in [-0.05, 0) is 26.7 Å². The van der Waals surface area contributed by atoms with Gasteiger partial charge in [0.2, 0.25) is 0 Å². The number of likely N-dealkylation sites (tertiary alicyclic amines) is 1. The molecule has 1 fully saturated rings. The smallest absolute Gasteiger partial charge is 0.329 e. The van der Waals surface area contributed by atoms with Crippen LogP contribution < -0.4 is 5.43 Å². The highest BCUT2D eigenvalue weighted by atomic mass is 16.4. The van der Waals surface area contributed by atoms with E-state index in [0.29, 0.717) is 25.1 Å². The second kappa shape index (κ2) is 4.53. The Bertz CT molecular complexity index is 593. The zero-order valence-electron chi connectivity index (χ0n) is 10.9. The summed E-state index contributed by atoms with van der Waals surface area (Å²) in [6.07, 6.45) is 2.37. The molecular weight excluding hydrogens is 248 g/mol. The lowest BCUT2D eigenvalue weighted by atomic mass is 9.98. The average Bonchev–Trinajstić information content (AvgIpc) is 2.72. The highest BCUT2D eigenvalue weighted by Crippen LogP contribution is 2.30. The van der Waals surface area contributed by atoms with E-state index in [1.807, 2.05) is 0 Å². The first-order chi connectivity index (χ1) is 8.86. The summed E-state index contributed by atoms with van der Waals surface area (Å²) in [5.41, 5.74) is -0.973. The molecule has 1 saturated heterocycles. The first-order valence-corrected chi connectivity index (χ1v) is 6.11. The number of amides is 1. The van der Waals surface area contributed by atoms with Gasteiger partial charge >= 0.3 is 5.97 Å². The standard InChI is InChI=1S/C13H16N2O4/c1-8-6-10(16)9(7-14-8)11(17)15-5-3-4-13(15,2)12(18)19/h6-7H,3-5H2,1-2H3,(H,14,16)(H,18,19)/t13-/m0/s1. The molecular formula is C13H16N2O4. The van der Waals surface area contributed by atoms with Crippen LogP contribution >= 0.6 is 0 Å². The SMILES string of the molecule is Cc1cc(=O)c(C(=O)N2CCC[C@@]2(C)C(=O)O)c[nH]1. The largest absolute Gasteiger partial charge is 0.480 e. The number of nitrogens with one attached hydrogen (secondary N) is 1. The molecule has 0 aliphatic carbocycles. The van der Waals surface area contributed by atoms with E-state index in [0.717, 1.165) is 0 Å². The molecule has 19 heavy (non-hydrogen) atoms. The lowest BCUT2D eigenvalue weighted by Crippen LogP contribution is -2.51. The Morgan fingerprint density at radius 2 is 2.16 bits per heavy atom. The third kappa shape index (κ3) is 2.14. The van der Waals surface area contributed by atoms with Crippen LogP contribution in [-0.2, 0) is 4.79 Å². The van der Waals surface area contributed by atoms with Crippen LogP contribution in [0.3, 0.4) is 0 Å². The Balaban J connectivity index is 2.39. The van der Waals surface area contributed by atoms with E-state index in [2.05, 4.69) is 4.98 Å². The number of aliphatic carboxylic acids is 1. The molecule has 1 atom stereocenters. The second-order valence-corrected chi connectivity index (χ2v) is 5.03. The first-order valence-electron chi connectivity index (χ1n) is 6.11. The molecule has 0 radical (unpaired) electrons. The van der Waals surface area contributed by atoms with Gasteiger partial charge in [-0.25, -0.2) is 4.79 Å². The summed E-state index contributed by atoms with van der Waals surface area (Å²) in [7, 11) is 0. The highest BCUT2D eigenvalue weighted by Gasteiger charge is 2.46. The predicted molar refractivity (Wildman–Crippen MR) is 68.1 cm³/mol. The van der Waals surface area contributed by atoms with Crippen molar-refractivity contribution in [3.8, 4) is 0 Å². The van der Waals surface area contributed by atoms with Crippen molar-refractivity contribution in [1.82, 2.24) is 9.88 Å². The van der Waals surface area contributed by atoms with Crippen LogP contribution in [0.25, 0.3) is 0 Å². The molecule has 1 amide bonds. The molecule has 1 aliphatic rings. The fourth-order valence-electron chi connectivity index (χ4n) is 2.40. The average molecular weight is 264 g/mol. The minimum absolute atomic E-state index is 0.0139. The number of aromatic nitrogens is 1. The Kier molecular flexibility index (Phi) is 3.18. The maximum absolute atomic E-state index is 12.3. The number of pyridine rings is 1. The summed E-state index contributed by atoms with van der Waals surface area (Å²) >= 11 is 0. The lowest BCUT2D eigenvalue weighted by Gasteiger charge is -2.31. The van der Waals surface area contributed by atoms with E-state index in [9.17, 15) is 19.5 Å². The molecule has 102 valence electrons. The summed E-state index contributed by atoms with van der Waals surface area (Å²) in [5.74, 6) is -1.56. The Morgan fingerprint density at radius 1 is 1.47 bits per heavy atom. The number of carboxylic acids is 1. The van der Waals surface area contributed by atoms with Gasteiger partial charge in [0.15, 0.2) is 5.43 Å². The molecule has 1 aliphatic heterocycles. The number of carbonyl (C=O) groups excluding carboxylic acids is 1.